The Kier molecular flexibility index (Phi) is 3.27. The zero-order chi connectivity index (χ0) is 14.0. The highest BCUT2D eigenvalue weighted by molar-refractivity contribution is 7.90. The van der Waals surface area contributed by atoms with Crippen LogP contribution in [0.4, 0.5) is 0 Å². The fourth-order valence-corrected chi connectivity index (χ4v) is 3.37. The van der Waals surface area contributed by atoms with Gasteiger partial charge in [0.1, 0.15) is 5.84 Å². The molecule has 0 amide bonds. The van der Waals surface area contributed by atoms with Crippen LogP contribution in [-0.2, 0) is 16.6 Å². The van der Waals surface area contributed by atoms with Gasteiger partial charge >= 0.3 is 0 Å². The maximum absolute atomic E-state index is 11.9. The summed E-state index contributed by atoms with van der Waals surface area (Å²) in [7, 11) is -3.43. The first-order chi connectivity index (χ1) is 9.67. The van der Waals surface area contributed by atoms with E-state index < -0.39 is 10.0 Å². The molecule has 1 aromatic heterocycles. The van der Waals surface area contributed by atoms with Crippen LogP contribution in [0.5, 0.6) is 0 Å². The normalized spacial score (nSPS) is 17.9. The van der Waals surface area contributed by atoms with Crippen molar-refractivity contribution in [2.45, 2.75) is 17.9 Å². The molecule has 2 aromatic rings. The van der Waals surface area contributed by atoms with Crippen molar-refractivity contribution < 1.29 is 8.42 Å². The minimum Gasteiger partial charge on any atom is -0.337 e. The van der Waals surface area contributed by atoms with E-state index in [9.17, 15) is 8.42 Å². The molecule has 0 radical (unpaired) electrons. The second-order valence-electron chi connectivity index (χ2n) is 4.49. The van der Waals surface area contributed by atoms with Crippen LogP contribution < -0.4 is 4.72 Å². The van der Waals surface area contributed by atoms with Crippen LogP contribution in [0.2, 0.25) is 0 Å². The molecule has 0 atom stereocenters. The van der Waals surface area contributed by atoms with E-state index in [0.717, 1.165) is 13.0 Å². The smallest absolute Gasteiger partial charge is 0.263 e. The van der Waals surface area contributed by atoms with Crippen molar-refractivity contribution in [1.29, 1.82) is 0 Å². The molecule has 2 heterocycles. The zero-order valence-corrected chi connectivity index (χ0v) is 11.5. The van der Waals surface area contributed by atoms with Gasteiger partial charge in [0, 0.05) is 31.0 Å². The van der Waals surface area contributed by atoms with Crippen LogP contribution in [0, 0.1) is 0 Å². The third kappa shape index (κ3) is 2.44. The molecule has 7 heteroatoms. The van der Waals surface area contributed by atoms with Crippen molar-refractivity contribution >= 4 is 15.9 Å². The number of fused-ring (bicyclic) bond motifs is 1. The van der Waals surface area contributed by atoms with E-state index in [1.54, 1.807) is 30.7 Å². The summed E-state index contributed by atoms with van der Waals surface area (Å²) in [4.78, 5) is 8.61. The van der Waals surface area contributed by atoms with E-state index in [1.807, 2.05) is 16.8 Å². The molecule has 6 nitrogen and oxygen atoms in total. The summed E-state index contributed by atoms with van der Waals surface area (Å²) in [6, 6.07) is 6.87. The Morgan fingerprint density at radius 2 is 2.15 bits per heavy atom. The van der Waals surface area contributed by atoms with Gasteiger partial charge in [-0.2, -0.15) is 0 Å². The van der Waals surface area contributed by atoms with E-state index in [2.05, 4.69) is 14.7 Å². The maximum atomic E-state index is 11.9. The first-order valence-corrected chi connectivity index (χ1v) is 7.77. The fourth-order valence-electron chi connectivity index (χ4n) is 2.11. The quantitative estimate of drug-likeness (QED) is 0.854. The lowest BCUT2D eigenvalue weighted by molar-refractivity contribution is 0.595. The Bertz CT molecular complexity index is 735. The first kappa shape index (κ1) is 12.9. The molecular formula is C13H14N4O2S. The van der Waals surface area contributed by atoms with Gasteiger partial charge in [-0.1, -0.05) is 12.1 Å². The second-order valence-corrected chi connectivity index (χ2v) is 6.14. The lowest BCUT2D eigenvalue weighted by atomic mass is 10.2. The Balaban J connectivity index is 1.71. The third-order valence-electron chi connectivity index (χ3n) is 3.07. The molecule has 1 N–H and O–H groups in total. The van der Waals surface area contributed by atoms with Gasteiger partial charge in [-0.05, 0) is 18.6 Å². The summed E-state index contributed by atoms with van der Waals surface area (Å²) >= 11 is 0. The number of hydrogen-bond acceptors (Lipinski definition) is 4. The number of sulfonamides is 1. The number of benzene rings is 1. The number of aliphatic imine (C=N–C) groups is 1. The van der Waals surface area contributed by atoms with Gasteiger partial charge in [0.2, 0.25) is 0 Å². The van der Waals surface area contributed by atoms with Crippen molar-refractivity contribution in [2.75, 3.05) is 6.54 Å². The minimum atomic E-state index is -3.43. The SMILES string of the molecule is O=S1(=O)NC(=NCCCn2ccnc2)c2ccccc21. The summed E-state index contributed by atoms with van der Waals surface area (Å²) in [5, 5.41) is 0. The predicted molar refractivity (Wildman–Crippen MR) is 75.0 cm³/mol. The standard InChI is InChI=1S/C13H14N4O2S/c18-20(19)12-5-2-1-4-11(12)13(16-20)15-6-3-8-17-9-7-14-10-17/h1-2,4-5,7,9-10H,3,6,8H2,(H,15,16). The lowest BCUT2D eigenvalue weighted by Crippen LogP contribution is -2.22. The molecule has 0 saturated heterocycles. The number of amidine groups is 1. The van der Waals surface area contributed by atoms with Gasteiger partial charge in [-0.3, -0.25) is 9.71 Å². The Morgan fingerprint density at radius 3 is 2.95 bits per heavy atom. The van der Waals surface area contributed by atoms with Crippen LogP contribution in [0.15, 0.2) is 52.9 Å². The highest BCUT2D eigenvalue weighted by atomic mass is 32.2. The molecule has 0 fully saturated rings. The average molecular weight is 290 g/mol. The number of hydrogen-bond donors (Lipinski definition) is 1. The van der Waals surface area contributed by atoms with Crippen LogP contribution in [0.25, 0.3) is 0 Å². The van der Waals surface area contributed by atoms with Crippen LogP contribution in [-0.4, -0.2) is 30.3 Å². The topological polar surface area (TPSA) is 76.3 Å². The van der Waals surface area contributed by atoms with Crippen molar-refractivity contribution in [3.63, 3.8) is 0 Å². The van der Waals surface area contributed by atoms with Crippen molar-refractivity contribution in [3.8, 4) is 0 Å². The fraction of sp³-hybridized carbons (Fsp3) is 0.231. The molecular weight excluding hydrogens is 276 g/mol. The molecule has 1 aromatic carbocycles. The van der Waals surface area contributed by atoms with Crippen LogP contribution in [0.3, 0.4) is 0 Å². The number of rotatable bonds is 4. The Morgan fingerprint density at radius 1 is 1.30 bits per heavy atom. The van der Waals surface area contributed by atoms with Crippen LogP contribution >= 0.6 is 0 Å². The monoisotopic (exact) mass is 290 g/mol. The highest BCUT2D eigenvalue weighted by Gasteiger charge is 2.29. The minimum absolute atomic E-state index is 0.299. The molecule has 3 rings (SSSR count). The predicted octanol–water partition coefficient (Wildman–Crippen LogP) is 1.01. The van der Waals surface area contributed by atoms with Crippen molar-refractivity contribution in [1.82, 2.24) is 14.3 Å². The number of aryl methyl sites for hydroxylation is 1. The average Bonchev–Trinajstić information content (AvgIpc) is 3.03. The van der Waals surface area contributed by atoms with E-state index >= 15 is 0 Å². The van der Waals surface area contributed by atoms with Crippen molar-refractivity contribution in [2.24, 2.45) is 4.99 Å². The molecule has 1 aliphatic rings. The summed E-state index contributed by atoms with van der Waals surface area (Å²) in [5.74, 6) is 0.436. The summed E-state index contributed by atoms with van der Waals surface area (Å²) < 4.78 is 28.2. The van der Waals surface area contributed by atoms with E-state index in [-0.39, 0.29) is 0 Å². The molecule has 20 heavy (non-hydrogen) atoms. The van der Waals surface area contributed by atoms with Gasteiger partial charge in [0.15, 0.2) is 0 Å². The highest BCUT2D eigenvalue weighted by Crippen LogP contribution is 2.22. The zero-order valence-electron chi connectivity index (χ0n) is 10.7. The Hall–Kier alpha value is -2.15. The van der Waals surface area contributed by atoms with Gasteiger partial charge in [-0.25, -0.2) is 13.4 Å². The molecule has 104 valence electrons. The van der Waals surface area contributed by atoms with E-state index in [0.29, 0.717) is 22.8 Å². The van der Waals surface area contributed by atoms with E-state index in [1.165, 1.54) is 0 Å². The lowest BCUT2D eigenvalue weighted by Gasteiger charge is -2.01. The van der Waals surface area contributed by atoms with Gasteiger partial charge < -0.3 is 4.57 Å². The third-order valence-corrected chi connectivity index (χ3v) is 4.46. The number of aromatic nitrogens is 2. The number of nitrogens with one attached hydrogen (secondary N) is 1. The molecule has 0 spiro atoms. The number of imidazole rings is 1. The molecule has 0 saturated carbocycles. The maximum Gasteiger partial charge on any atom is 0.263 e. The molecule has 0 unspecified atom stereocenters. The largest absolute Gasteiger partial charge is 0.337 e. The van der Waals surface area contributed by atoms with E-state index in [4.69, 9.17) is 0 Å². The second kappa shape index (κ2) is 5.09. The van der Waals surface area contributed by atoms with Gasteiger partial charge in [-0.15, -0.1) is 0 Å². The van der Waals surface area contributed by atoms with Gasteiger partial charge in [0.05, 0.1) is 11.2 Å². The summed E-state index contributed by atoms with van der Waals surface area (Å²) in [5.41, 5.74) is 0.648. The summed E-state index contributed by atoms with van der Waals surface area (Å²) in [6.45, 7) is 1.37. The molecule has 0 aliphatic carbocycles. The van der Waals surface area contributed by atoms with Crippen molar-refractivity contribution in [3.05, 3.63) is 48.5 Å². The first-order valence-electron chi connectivity index (χ1n) is 6.29. The van der Waals surface area contributed by atoms with Crippen LogP contribution in [0.1, 0.15) is 12.0 Å². The molecule has 0 bridgehead atoms. The molecule has 1 aliphatic heterocycles. The Labute approximate surface area is 117 Å². The summed E-state index contributed by atoms with van der Waals surface area (Å²) in [6.07, 6.45) is 6.19. The van der Waals surface area contributed by atoms with Gasteiger partial charge in [0.25, 0.3) is 10.0 Å². The number of nitrogens with zero attached hydrogens (tertiary/aromatic N) is 3.